The Morgan fingerprint density at radius 2 is 2.06 bits per heavy atom. The third kappa shape index (κ3) is 3.67. The number of aliphatic hydroxyl groups excluding tert-OH is 1. The van der Waals surface area contributed by atoms with E-state index in [1.54, 1.807) is 0 Å². The van der Waals surface area contributed by atoms with Crippen molar-refractivity contribution in [3.05, 3.63) is 0 Å². The monoisotopic (exact) mass is 241 g/mol. The lowest BCUT2D eigenvalue weighted by molar-refractivity contribution is 0.0581. The summed E-state index contributed by atoms with van der Waals surface area (Å²) in [6.07, 6.45) is 8.05. The van der Waals surface area contributed by atoms with Crippen molar-refractivity contribution >= 4 is 0 Å². The zero-order chi connectivity index (χ0) is 12.1. The van der Waals surface area contributed by atoms with Crippen LogP contribution >= 0.6 is 0 Å². The number of nitrogens with zero attached hydrogens (tertiary/aromatic N) is 1. The normalized spacial score (nSPS) is 31.2. The Morgan fingerprint density at radius 1 is 1.29 bits per heavy atom. The van der Waals surface area contributed by atoms with E-state index in [2.05, 4.69) is 11.9 Å². The van der Waals surface area contributed by atoms with E-state index in [9.17, 15) is 5.11 Å². The highest BCUT2D eigenvalue weighted by Crippen LogP contribution is 2.30. The minimum Gasteiger partial charge on any atom is -0.396 e. The minimum atomic E-state index is 0.0173. The van der Waals surface area contributed by atoms with Crippen LogP contribution in [0.25, 0.3) is 0 Å². The van der Waals surface area contributed by atoms with Gasteiger partial charge in [0, 0.05) is 25.1 Å². The molecule has 0 aromatic carbocycles. The summed E-state index contributed by atoms with van der Waals surface area (Å²) in [5.41, 5.74) is 0.0173. The molecule has 100 valence electrons. The van der Waals surface area contributed by atoms with Gasteiger partial charge in [-0.15, -0.1) is 0 Å². The molecule has 1 heterocycles. The molecule has 17 heavy (non-hydrogen) atoms. The maximum absolute atomic E-state index is 9.56. The SMILES string of the molecule is CN(CC1CCCCC1)CC1(CO)CCOC1. The molecule has 3 heteroatoms. The molecule has 0 amide bonds. The summed E-state index contributed by atoms with van der Waals surface area (Å²) in [6, 6.07) is 0. The molecule has 0 aromatic rings. The number of hydrogen-bond acceptors (Lipinski definition) is 3. The zero-order valence-electron chi connectivity index (χ0n) is 11.2. The molecule has 1 N–H and O–H groups in total. The van der Waals surface area contributed by atoms with E-state index in [0.717, 1.165) is 32.1 Å². The lowest BCUT2D eigenvalue weighted by Crippen LogP contribution is -2.41. The first kappa shape index (κ1) is 13.3. The molecule has 1 unspecified atom stereocenters. The molecule has 3 nitrogen and oxygen atoms in total. The van der Waals surface area contributed by atoms with Crippen LogP contribution in [0.1, 0.15) is 38.5 Å². The smallest absolute Gasteiger partial charge is 0.0557 e. The van der Waals surface area contributed by atoms with Crippen LogP contribution < -0.4 is 0 Å². The molecule has 0 radical (unpaired) electrons. The molecule has 1 aliphatic heterocycles. The highest BCUT2D eigenvalue weighted by atomic mass is 16.5. The van der Waals surface area contributed by atoms with Crippen LogP contribution in [-0.2, 0) is 4.74 Å². The van der Waals surface area contributed by atoms with Gasteiger partial charge in [0.1, 0.15) is 0 Å². The van der Waals surface area contributed by atoms with E-state index in [0.29, 0.717) is 0 Å². The van der Waals surface area contributed by atoms with E-state index < -0.39 is 0 Å². The van der Waals surface area contributed by atoms with E-state index in [4.69, 9.17) is 4.74 Å². The molecule has 1 saturated carbocycles. The van der Waals surface area contributed by atoms with Crippen molar-refractivity contribution in [1.82, 2.24) is 4.90 Å². The first-order valence-electron chi connectivity index (χ1n) is 7.11. The summed E-state index contributed by atoms with van der Waals surface area (Å²) in [6.45, 7) is 4.00. The summed E-state index contributed by atoms with van der Waals surface area (Å²) in [4.78, 5) is 2.42. The molecule has 2 rings (SSSR count). The third-order valence-electron chi connectivity index (χ3n) is 4.42. The van der Waals surface area contributed by atoms with Gasteiger partial charge in [0.15, 0.2) is 0 Å². The fraction of sp³-hybridized carbons (Fsp3) is 1.00. The largest absolute Gasteiger partial charge is 0.396 e. The van der Waals surface area contributed by atoms with Crippen molar-refractivity contribution in [3.8, 4) is 0 Å². The quantitative estimate of drug-likeness (QED) is 0.798. The standard InChI is InChI=1S/C14H27NO2/c1-15(9-13-5-3-2-4-6-13)10-14(11-16)7-8-17-12-14/h13,16H,2-12H2,1H3. The fourth-order valence-electron chi connectivity index (χ4n) is 3.40. The van der Waals surface area contributed by atoms with Crippen LogP contribution in [0.4, 0.5) is 0 Å². The molecule has 1 atom stereocenters. The van der Waals surface area contributed by atoms with Crippen molar-refractivity contribution in [3.63, 3.8) is 0 Å². The van der Waals surface area contributed by atoms with E-state index in [1.807, 2.05) is 0 Å². The Labute approximate surface area is 105 Å². The van der Waals surface area contributed by atoms with Gasteiger partial charge in [-0.1, -0.05) is 19.3 Å². The van der Waals surface area contributed by atoms with Crippen LogP contribution in [0, 0.1) is 11.3 Å². The fourth-order valence-corrected chi connectivity index (χ4v) is 3.40. The molecule has 2 fully saturated rings. The zero-order valence-corrected chi connectivity index (χ0v) is 11.2. The predicted octanol–water partition coefficient (Wildman–Crippen LogP) is 1.90. The van der Waals surface area contributed by atoms with Gasteiger partial charge < -0.3 is 14.7 Å². The second kappa shape index (κ2) is 6.17. The second-order valence-corrected chi connectivity index (χ2v) is 6.16. The molecule has 0 bridgehead atoms. The lowest BCUT2D eigenvalue weighted by atomic mass is 9.86. The summed E-state index contributed by atoms with van der Waals surface area (Å²) in [5.74, 6) is 0.881. The van der Waals surface area contributed by atoms with E-state index in [1.165, 1.54) is 38.6 Å². The molecule has 2 aliphatic rings. The molecular weight excluding hydrogens is 214 g/mol. The Hall–Kier alpha value is -0.120. The Balaban J connectivity index is 1.77. The predicted molar refractivity (Wildman–Crippen MR) is 69.0 cm³/mol. The van der Waals surface area contributed by atoms with Crippen LogP contribution in [0.2, 0.25) is 0 Å². The highest BCUT2D eigenvalue weighted by molar-refractivity contribution is 4.85. The maximum Gasteiger partial charge on any atom is 0.0557 e. The summed E-state index contributed by atoms with van der Waals surface area (Å²) >= 11 is 0. The van der Waals surface area contributed by atoms with Gasteiger partial charge in [0.25, 0.3) is 0 Å². The first-order valence-corrected chi connectivity index (χ1v) is 7.11. The topological polar surface area (TPSA) is 32.7 Å². The minimum absolute atomic E-state index is 0.0173. The van der Waals surface area contributed by atoms with Crippen molar-refractivity contribution in [2.45, 2.75) is 38.5 Å². The van der Waals surface area contributed by atoms with Gasteiger partial charge >= 0.3 is 0 Å². The highest BCUT2D eigenvalue weighted by Gasteiger charge is 2.35. The maximum atomic E-state index is 9.56. The van der Waals surface area contributed by atoms with Crippen LogP contribution in [0.5, 0.6) is 0 Å². The Bertz CT molecular complexity index is 220. The van der Waals surface area contributed by atoms with Crippen LogP contribution in [0.3, 0.4) is 0 Å². The molecular formula is C14H27NO2. The average molecular weight is 241 g/mol. The van der Waals surface area contributed by atoms with Crippen LogP contribution in [-0.4, -0.2) is 50.0 Å². The number of aliphatic hydroxyl groups is 1. The lowest BCUT2D eigenvalue weighted by Gasteiger charge is -2.33. The Morgan fingerprint density at radius 3 is 2.65 bits per heavy atom. The second-order valence-electron chi connectivity index (χ2n) is 6.16. The van der Waals surface area contributed by atoms with Crippen molar-refractivity contribution in [2.75, 3.05) is 40.0 Å². The van der Waals surface area contributed by atoms with Crippen molar-refractivity contribution in [2.24, 2.45) is 11.3 Å². The number of ether oxygens (including phenoxy) is 1. The molecule has 0 aromatic heterocycles. The van der Waals surface area contributed by atoms with E-state index in [-0.39, 0.29) is 12.0 Å². The Kier molecular flexibility index (Phi) is 4.83. The van der Waals surface area contributed by atoms with Gasteiger partial charge in [-0.25, -0.2) is 0 Å². The molecule has 0 spiro atoms. The van der Waals surface area contributed by atoms with Gasteiger partial charge in [0.2, 0.25) is 0 Å². The van der Waals surface area contributed by atoms with Crippen LogP contribution in [0.15, 0.2) is 0 Å². The molecule has 1 aliphatic carbocycles. The summed E-state index contributed by atoms with van der Waals surface area (Å²) in [5, 5.41) is 9.56. The van der Waals surface area contributed by atoms with Gasteiger partial charge in [-0.05, 0) is 32.2 Å². The first-order chi connectivity index (χ1) is 8.24. The number of rotatable bonds is 5. The van der Waals surface area contributed by atoms with E-state index >= 15 is 0 Å². The van der Waals surface area contributed by atoms with Crippen molar-refractivity contribution in [1.29, 1.82) is 0 Å². The van der Waals surface area contributed by atoms with Gasteiger partial charge in [-0.3, -0.25) is 0 Å². The van der Waals surface area contributed by atoms with Crippen molar-refractivity contribution < 1.29 is 9.84 Å². The summed E-state index contributed by atoms with van der Waals surface area (Å²) in [7, 11) is 2.20. The molecule has 1 saturated heterocycles. The van der Waals surface area contributed by atoms with Gasteiger partial charge in [-0.2, -0.15) is 0 Å². The average Bonchev–Trinajstić information content (AvgIpc) is 2.79. The third-order valence-corrected chi connectivity index (χ3v) is 4.42. The van der Waals surface area contributed by atoms with Gasteiger partial charge in [0.05, 0.1) is 13.2 Å². The summed E-state index contributed by atoms with van der Waals surface area (Å²) < 4.78 is 5.46. The number of hydrogen-bond donors (Lipinski definition) is 1.